The molecule has 0 unspecified atom stereocenters. The molecule has 0 aliphatic rings. The number of aromatic nitrogens is 2. The van der Waals surface area contributed by atoms with Crippen LogP contribution < -0.4 is 16.6 Å². The Morgan fingerprint density at radius 3 is 2.53 bits per heavy atom. The quantitative estimate of drug-likeness (QED) is 0.578. The van der Waals surface area contributed by atoms with Gasteiger partial charge in [0.25, 0.3) is 0 Å². The van der Waals surface area contributed by atoms with Gasteiger partial charge in [0.05, 0.1) is 0 Å². The summed E-state index contributed by atoms with van der Waals surface area (Å²) < 4.78 is 0. The van der Waals surface area contributed by atoms with Crippen LogP contribution in [0, 0.1) is 6.92 Å². The molecule has 4 N–H and O–H groups in total. The number of anilines is 2. The van der Waals surface area contributed by atoms with E-state index >= 15 is 0 Å². The summed E-state index contributed by atoms with van der Waals surface area (Å²) >= 11 is 5.84. The third-order valence-corrected chi connectivity index (χ3v) is 3.09. The topological polar surface area (TPSA) is 75.9 Å². The van der Waals surface area contributed by atoms with E-state index in [-0.39, 0.29) is 0 Å². The van der Waals surface area contributed by atoms with E-state index in [2.05, 4.69) is 20.7 Å². The van der Waals surface area contributed by atoms with E-state index in [4.69, 9.17) is 17.4 Å². The van der Waals surface area contributed by atoms with E-state index in [0.717, 1.165) is 29.4 Å². The Morgan fingerprint density at radius 2 is 1.84 bits per heavy atom. The summed E-state index contributed by atoms with van der Waals surface area (Å²) in [6, 6.07) is 7.82. The van der Waals surface area contributed by atoms with Crippen molar-refractivity contribution in [2.45, 2.75) is 13.3 Å². The van der Waals surface area contributed by atoms with Crippen molar-refractivity contribution in [2.75, 3.05) is 17.3 Å². The van der Waals surface area contributed by atoms with Gasteiger partial charge >= 0.3 is 0 Å². The maximum Gasteiger partial charge on any atom is 0.148 e. The molecule has 0 saturated heterocycles. The summed E-state index contributed by atoms with van der Waals surface area (Å²) in [7, 11) is 0. The molecule has 2 aromatic rings. The largest absolute Gasteiger partial charge is 0.369 e. The van der Waals surface area contributed by atoms with Gasteiger partial charge in [-0.25, -0.2) is 15.8 Å². The molecule has 6 heteroatoms. The number of hydrogen-bond acceptors (Lipinski definition) is 5. The van der Waals surface area contributed by atoms with Gasteiger partial charge in [-0.2, -0.15) is 0 Å². The summed E-state index contributed by atoms with van der Waals surface area (Å²) in [5, 5.41) is 4.02. The molecule has 0 amide bonds. The predicted molar refractivity (Wildman–Crippen MR) is 78.2 cm³/mol. The summed E-state index contributed by atoms with van der Waals surface area (Å²) in [5.41, 5.74) is 4.67. The van der Waals surface area contributed by atoms with Crippen molar-refractivity contribution < 1.29 is 0 Å². The highest BCUT2D eigenvalue weighted by molar-refractivity contribution is 6.30. The number of nitrogens with two attached hydrogens (primary N) is 1. The average Bonchev–Trinajstić information content (AvgIpc) is 2.43. The minimum absolute atomic E-state index is 0.629. The molecule has 1 aromatic carbocycles. The molecule has 5 nitrogen and oxygen atoms in total. The minimum atomic E-state index is 0.629. The summed E-state index contributed by atoms with van der Waals surface area (Å²) in [4.78, 5) is 8.22. The van der Waals surface area contributed by atoms with E-state index in [1.165, 1.54) is 11.9 Å². The van der Waals surface area contributed by atoms with Crippen LogP contribution in [0.1, 0.15) is 11.1 Å². The van der Waals surface area contributed by atoms with Gasteiger partial charge in [0, 0.05) is 17.1 Å². The average molecular weight is 278 g/mol. The molecule has 0 saturated carbocycles. The summed E-state index contributed by atoms with van der Waals surface area (Å²) in [6.45, 7) is 2.70. The number of hydrazine groups is 1. The Balaban J connectivity index is 1.94. The summed E-state index contributed by atoms with van der Waals surface area (Å²) in [6.07, 6.45) is 2.37. The lowest BCUT2D eigenvalue weighted by Crippen LogP contribution is -2.13. The first-order chi connectivity index (χ1) is 9.20. The Morgan fingerprint density at radius 1 is 1.16 bits per heavy atom. The van der Waals surface area contributed by atoms with Gasteiger partial charge in [0.2, 0.25) is 0 Å². The molecule has 0 aliphatic heterocycles. The van der Waals surface area contributed by atoms with Crippen molar-refractivity contribution in [3.05, 3.63) is 46.7 Å². The molecule has 0 fully saturated rings. The van der Waals surface area contributed by atoms with Crippen LogP contribution in [0.4, 0.5) is 11.6 Å². The number of halogens is 1. The fourth-order valence-electron chi connectivity index (χ4n) is 1.75. The molecule has 0 aliphatic carbocycles. The molecular weight excluding hydrogens is 262 g/mol. The fourth-order valence-corrected chi connectivity index (χ4v) is 1.88. The maximum absolute atomic E-state index is 5.84. The van der Waals surface area contributed by atoms with E-state index < -0.39 is 0 Å². The second-order valence-electron chi connectivity index (χ2n) is 4.14. The Hall–Kier alpha value is -1.85. The monoisotopic (exact) mass is 277 g/mol. The normalized spacial score (nSPS) is 10.3. The van der Waals surface area contributed by atoms with Gasteiger partial charge in [0.15, 0.2) is 0 Å². The van der Waals surface area contributed by atoms with Gasteiger partial charge in [-0.3, -0.25) is 0 Å². The number of hydrogen-bond donors (Lipinski definition) is 3. The molecule has 0 radical (unpaired) electrons. The van der Waals surface area contributed by atoms with Crippen LogP contribution in [0.3, 0.4) is 0 Å². The highest BCUT2D eigenvalue weighted by atomic mass is 35.5. The second-order valence-corrected chi connectivity index (χ2v) is 4.58. The SMILES string of the molecule is Cc1c(NN)ncnc1NCCc1ccc(Cl)cc1. The lowest BCUT2D eigenvalue weighted by atomic mass is 10.1. The number of benzene rings is 1. The van der Waals surface area contributed by atoms with E-state index in [1.807, 2.05) is 31.2 Å². The number of nitrogen functional groups attached to an aromatic ring is 1. The highest BCUT2D eigenvalue weighted by Gasteiger charge is 2.04. The van der Waals surface area contributed by atoms with Crippen LogP contribution in [0.5, 0.6) is 0 Å². The number of nitrogens with one attached hydrogen (secondary N) is 2. The van der Waals surface area contributed by atoms with Gasteiger partial charge in [-0.15, -0.1) is 0 Å². The first-order valence-electron chi connectivity index (χ1n) is 5.97. The van der Waals surface area contributed by atoms with Crippen molar-refractivity contribution in [1.82, 2.24) is 9.97 Å². The standard InChI is InChI=1S/C13H16ClN5/c1-9-12(17-8-18-13(9)19-15)16-7-6-10-2-4-11(14)5-3-10/h2-5,8H,6-7,15H2,1H3,(H2,16,17,18,19). The molecule has 0 bridgehead atoms. The molecule has 19 heavy (non-hydrogen) atoms. The Kier molecular flexibility index (Phi) is 4.54. The van der Waals surface area contributed by atoms with Crippen molar-refractivity contribution >= 4 is 23.2 Å². The van der Waals surface area contributed by atoms with Gasteiger partial charge in [0.1, 0.15) is 18.0 Å². The first-order valence-corrected chi connectivity index (χ1v) is 6.35. The van der Waals surface area contributed by atoms with Crippen molar-refractivity contribution in [3.8, 4) is 0 Å². The molecule has 2 rings (SSSR count). The molecule has 1 heterocycles. The van der Waals surface area contributed by atoms with Crippen LogP contribution in [-0.2, 0) is 6.42 Å². The van der Waals surface area contributed by atoms with E-state index in [9.17, 15) is 0 Å². The van der Waals surface area contributed by atoms with Crippen LogP contribution >= 0.6 is 11.6 Å². The molecule has 0 spiro atoms. The molecule has 100 valence electrons. The smallest absolute Gasteiger partial charge is 0.148 e. The zero-order valence-corrected chi connectivity index (χ0v) is 11.4. The van der Waals surface area contributed by atoms with Gasteiger partial charge in [-0.05, 0) is 31.0 Å². The van der Waals surface area contributed by atoms with E-state index in [1.54, 1.807) is 0 Å². The molecule has 0 atom stereocenters. The van der Waals surface area contributed by atoms with Crippen LogP contribution in [0.25, 0.3) is 0 Å². The van der Waals surface area contributed by atoms with Gasteiger partial charge in [-0.1, -0.05) is 23.7 Å². The third kappa shape index (κ3) is 3.56. The zero-order valence-electron chi connectivity index (χ0n) is 10.7. The summed E-state index contributed by atoms with van der Waals surface area (Å²) in [5.74, 6) is 6.79. The van der Waals surface area contributed by atoms with Crippen LogP contribution in [0.2, 0.25) is 5.02 Å². The number of nitrogens with zero attached hydrogens (tertiary/aromatic N) is 2. The maximum atomic E-state index is 5.84. The van der Waals surface area contributed by atoms with Gasteiger partial charge < -0.3 is 10.7 Å². The lowest BCUT2D eigenvalue weighted by molar-refractivity contribution is 0.990. The second kappa shape index (κ2) is 6.36. The van der Waals surface area contributed by atoms with E-state index in [0.29, 0.717) is 5.82 Å². The number of rotatable bonds is 5. The molecular formula is C13H16ClN5. The Bertz CT molecular complexity index is 541. The van der Waals surface area contributed by atoms with Crippen molar-refractivity contribution in [1.29, 1.82) is 0 Å². The highest BCUT2D eigenvalue weighted by Crippen LogP contribution is 2.17. The van der Waals surface area contributed by atoms with Crippen molar-refractivity contribution in [2.24, 2.45) is 5.84 Å². The lowest BCUT2D eigenvalue weighted by Gasteiger charge is -2.10. The minimum Gasteiger partial charge on any atom is -0.369 e. The molecule has 1 aromatic heterocycles. The van der Waals surface area contributed by atoms with Crippen LogP contribution in [0.15, 0.2) is 30.6 Å². The fraction of sp³-hybridized carbons (Fsp3) is 0.231. The third-order valence-electron chi connectivity index (χ3n) is 2.84. The Labute approximate surface area is 117 Å². The predicted octanol–water partition coefficient (Wildman–Crippen LogP) is 2.38. The zero-order chi connectivity index (χ0) is 13.7. The van der Waals surface area contributed by atoms with Crippen LogP contribution in [-0.4, -0.2) is 16.5 Å². The first kappa shape index (κ1) is 13.6. The van der Waals surface area contributed by atoms with Crippen molar-refractivity contribution in [3.63, 3.8) is 0 Å².